The van der Waals surface area contributed by atoms with Gasteiger partial charge in [0.05, 0.1) is 12.0 Å². The SMILES string of the molecule is CC(C(=O)NC1CCSc2ccc(Cl)cc21)C(N)c1ccccc1. The minimum atomic E-state index is -0.317. The predicted molar refractivity (Wildman–Crippen MR) is 100 cm³/mol. The van der Waals surface area contributed by atoms with Crippen LogP contribution in [0, 0.1) is 5.92 Å². The third-order valence-corrected chi connectivity index (χ3v) is 5.82. The van der Waals surface area contributed by atoms with Crippen molar-refractivity contribution in [2.75, 3.05) is 5.75 Å². The van der Waals surface area contributed by atoms with Crippen molar-refractivity contribution in [3.63, 3.8) is 0 Å². The van der Waals surface area contributed by atoms with E-state index < -0.39 is 0 Å². The van der Waals surface area contributed by atoms with Crippen LogP contribution in [0.1, 0.15) is 36.6 Å². The highest BCUT2D eigenvalue weighted by Gasteiger charge is 2.27. The number of benzene rings is 2. The van der Waals surface area contributed by atoms with Crippen LogP contribution in [0.25, 0.3) is 0 Å². The Kier molecular flexibility index (Phi) is 5.49. The van der Waals surface area contributed by atoms with E-state index in [-0.39, 0.29) is 23.9 Å². The molecule has 0 fully saturated rings. The van der Waals surface area contributed by atoms with Crippen LogP contribution in [-0.2, 0) is 4.79 Å². The molecule has 3 rings (SSSR count). The molecule has 24 heavy (non-hydrogen) atoms. The van der Waals surface area contributed by atoms with Gasteiger partial charge in [0.15, 0.2) is 0 Å². The number of halogens is 1. The third-order valence-electron chi connectivity index (χ3n) is 4.46. The van der Waals surface area contributed by atoms with E-state index in [0.717, 1.165) is 23.3 Å². The molecular formula is C19H21ClN2OS. The van der Waals surface area contributed by atoms with Gasteiger partial charge in [-0.2, -0.15) is 0 Å². The van der Waals surface area contributed by atoms with Gasteiger partial charge in [-0.15, -0.1) is 11.8 Å². The van der Waals surface area contributed by atoms with E-state index in [1.54, 1.807) is 11.8 Å². The van der Waals surface area contributed by atoms with Crippen LogP contribution in [0.15, 0.2) is 53.4 Å². The average Bonchev–Trinajstić information content (AvgIpc) is 2.61. The smallest absolute Gasteiger partial charge is 0.225 e. The first-order valence-electron chi connectivity index (χ1n) is 8.09. The second kappa shape index (κ2) is 7.60. The second-order valence-electron chi connectivity index (χ2n) is 6.11. The fourth-order valence-corrected chi connectivity index (χ4v) is 4.23. The van der Waals surface area contributed by atoms with Crippen molar-refractivity contribution < 1.29 is 4.79 Å². The molecule has 0 saturated heterocycles. The largest absolute Gasteiger partial charge is 0.349 e. The minimum absolute atomic E-state index is 0.00197. The second-order valence-corrected chi connectivity index (χ2v) is 7.68. The Labute approximate surface area is 152 Å². The van der Waals surface area contributed by atoms with Gasteiger partial charge in [-0.3, -0.25) is 4.79 Å². The number of rotatable bonds is 4. The van der Waals surface area contributed by atoms with Crippen LogP contribution >= 0.6 is 23.4 Å². The summed E-state index contributed by atoms with van der Waals surface area (Å²) in [4.78, 5) is 13.9. The van der Waals surface area contributed by atoms with Crippen LogP contribution in [-0.4, -0.2) is 11.7 Å². The van der Waals surface area contributed by atoms with Gasteiger partial charge in [0.2, 0.25) is 5.91 Å². The minimum Gasteiger partial charge on any atom is -0.349 e. The Morgan fingerprint density at radius 2 is 2.04 bits per heavy atom. The fraction of sp³-hybridized carbons (Fsp3) is 0.316. The molecule has 3 nitrogen and oxygen atoms in total. The van der Waals surface area contributed by atoms with Gasteiger partial charge in [0.1, 0.15) is 0 Å². The Morgan fingerprint density at radius 1 is 1.29 bits per heavy atom. The first kappa shape index (κ1) is 17.3. The molecule has 0 radical (unpaired) electrons. The number of nitrogens with one attached hydrogen (secondary N) is 1. The molecule has 1 amide bonds. The Balaban J connectivity index is 1.73. The summed E-state index contributed by atoms with van der Waals surface area (Å²) in [6, 6.07) is 15.3. The summed E-state index contributed by atoms with van der Waals surface area (Å²) in [5, 5.41) is 3.86. The molecule has 5 heteroatoms. The fourth-order valence-electron chi connectivity index (χ4n) is 2.95. The van der Waals surface area contributed by atoms with E-state index in [9.17, 15) is 4.79 Å². The van der Waals surface area contributed by atoms with Crippen molar-refractivity contribution in [3.05, 3.63) is 64.7 Å². The van der Waals surface area contributed by atoms with E-state index in [4.69, 9.17) is 17.3 Å². The molecule has 0 aromatic heterocycles. The molecule has 126 valence electrons. The van der Waals surface area contributed by atoms with Gasteiger partial charge in [-0.1, -0.05) is 48.9 Å². The number of thioether (sulfide) groups is 1. The Morgan fingerprint density at radius 3 is 2.79 bits per heavy atom. The van der Waals surface area contributed by atoms with Crippen molar-refractivity contribution in [1.29, 1.82) is 0 Å². The molecule has 3 unspecified atom stereocenters. The van der Waals surface area contributed by atoms with Gasteiger partial charge in [0.25, 0.3) is 0 Å². The molecule has 2 aromatic carbocycles. The van der Waals surface area contributed by atoms with Gasteiger partial charge in [0, 0.05) is 21.7 Å². The summed E-state index contributed by atoms with van der Waals surface area (Å²) in [6.07, 6.45) is 0.900. The molecule has 1 aliphatic rings. The third kappa shape index (κ3) is 3.77. The van der Waals surface area contributed by atoms with Crippen molar-refractivity contribution in [2.45, 2.75) is 30.3 Å². The van der Waals surface area contributed by atoms with Crippen molar-refractivity contribution in [1.82, 2.24) is 5.32 Å². The number of hydrogen-bond donors (Lipinski definition) is 2. The maximum Gasteiger partial charge on any atom is 0.225 e. The lowest BCUT2D eigenvalue weighted by Gasteiger charge is -2.28. The van der Waals surface area contributed by atoms with E-state index in [1.165, 1.54) is 4.90 Å². The molecule has 3 N–H and O–H groups in total. The maximum atomic E-state index is 12.7. The van der Waals surface area contributed by atoms with Gasteiger partial charge in [-0.25, -0.2) is 0 Å². The lowest BCUT2D eigenvalue weighted by Crippen LogP contribution is -2.38. The number of nitrogens with two attached hydrogens (primary N) is 1. The lowest BCUT2D eigenvalue weighted by atomic mass is 9.93. The van der Waals surface area contributed by atoms with Crippen LogP contribution < -0.4 is 11.1 Å². The summed E-state index contributed by atoms with van der Waals surface area (Å²) in [5.41, 5.74) is 8.36. The van der Waals surface area contributed by atoms with Crippen molar-refractivity contribution in [2.24, 2.45) is 11.7 Å². The van der Waals surface area contributed by atoms with E-state index in [0.29, 0.717) is 5.02 Å². The van der Waals surface area contributed by atoms with Crippen LogP contribution in [0.4, 0.5) is 0 Å². The quantitative estimate of drug-likeness (QED) is 0.853. The first-order chi connectivity index (χ1) is 11.6. The monoisotopic (exact) mass is 360 g/mol. The number of carbonyl (C=O) groups excluding carboxylic acids is 1. The zero-order chi connectivity index (χ0) is 17.1. The normalized spacial score (nSPS) is 19.2. The highest BCUT2D eigenvalue weighted by Crippen LogP contribution is 2.37. The predicted octanol–water partition coefficient (Wildman–Crippen LogP) is 4.33. The highest BCUT2D eigenvalue weighted by molar-refractivity contribution is 7.99. The molecule has 3 atom stereocenters. The van der Waals surface area contributed by atoms with Crippen molar-refractivity contribution in [3.8, 4) is 0 Å². The molecule has 0 bridgehead atoms. The maximum absolute atomic E-state index is 12.7. The molecule has 0 saturated carbocycles. The Bertz CT molecular complexity index is 723. The van der Waals surface area contributed by atoms with E-state index >= 15 is 0 Å². The van der Waals surface area contributed by atoms with Crippen LogP contribution in [0.2, 0.25) is 5.02 Å². The number of fused-ring (bicyclic) bond motifs is 1. The summed E-state index contributed by atoms with van der Waals surface area (Å²) in [7, 11) is 0. The van der Waals surface area contributed by atoms with E-state index in [2.05, 4.69) is 5.32 Å². The lowest BCUT2D eigenvalue weighted by molar-refractivity contribution is -0.126. The summed E-state index contributed by atoms with van der Waals surface area (Å²) >= 11 is 7.93. The molecule has 2 aromatic rings. The highest BCUT2D eigenvalue weighted by atomic mass is 35.5. The summed E-state index contributed by atoms with van der Waals surface area (Å²) < 4.78 is 0. The first-order valence-corrected chi connectivity index (χ1v) is 9.46. The van der Waals surface area contributed by atoms with Gasteiger partial charge >= 0.3 is 0 Å². The molecule has 1 heterocycles. The Hall–Kier alpha value is -1.49. The molecular weight excluding hydrogens is 340 g/mol. The zero-order valence-electron chi connectivity index (χ0n) is 13.5. The zero-order valence-corrected chi connectivity index (χ0v) is 15.1. The molecule has 0 spiro atoms. The standard InChI is InChI=1S/C19H21ClN2OS/c1-12(18(21)13-5-3-2-4-6-13)19(23)22-16-9-10-24-17-8-7-14(20)11-15(16)17/h2-8,11-12,16,18H,9-10,21H2,1H3,(H,22,23). The topological polar surface area (TPSA) is 55.1 Å². The van der Waals surface area contributed by atoms with Crippen LogP contribution in [0.5, 0.6) is 0 Å². The van der Waals surface area contributed by atoms with Crippen molar-refractivity contribution >= 4 is 29.3 Å². The average molecular weight is 361 g/mol. The van der Waals surface area contributed by atoms with Crippen LogP contribution in [0.3, 0.4) is 0 Å². The number of amides is 1. The summed E-state index contributed by atoms with van der Waals surface area (Å²) in [6.45, 7) is 1.88. The van der Waals surface area contributed by atoms with Gasteiger partial charge in [-0.05, 0) is 35.7 Å². The van der Waals surface area contributed by atoms with Gasteiger partial charge < -0.3 is 11.1 Å². The number of carbonyl (C=O) groups is 1. The van der Waals surface area contributed by atoms with E-state index in [1.807, 2.05) is 55.5 Å². The molecule has 1 aliphatic heterocycles. The molecule has 0 aliphatic carbocycles. The number of hydrogen-bond acceptors (Lipinski definition) is 3. The summed E-state index contributed by atoms with van der Waals surface area (Å²) in [5.74, 6) is 0.664.